The number of nitrogens with zero attached hydrogens (tertiary/aromatic N) is 3. The van der Waals surface area contributed by atoms with E-state index in [1.807, 2.05) is 67.6 Å². The van der Waals surface area contributed by atoms with Crippen molar-refractivity contribution >= 4 is 39.6 Å². The van der Waals surface area contributed by atoms with E-state index in [-0.39, 0.29) is 84.8 Å². The van der Waals surface area contributed by atoms with Crippen molar-refractivity contribution < 1.29 is 32.4 Å². The first-order valence-electron chi connectivity index (χ1n) is 24.6. The second-order valence-electron chi connectivity index (χ2n) is 18.5. The predicted molar refractivity (Wildman–Crippen MR) is 257 cm³/mol. The lowest BCUT2D eigenvalue weighted by Crippen LogP contribution is -2.53. The van der Waals surface area contributed by atoms with E-state index in [2.05, 4.69) is 29.8 Å². The van der Waals surface area contributed by atoms with E-state index in [4.69, 9.17) is 0 Å². The average molecular weight is 925 g/mol. The molecule has 3 aliphatic rings. The van der Waals surface area contributed by atoms with Crippen molar-refractivity contribution in [2.75, 3.05) is 39.3 Å². The van der Waals surface area contributed by atoms with Gasteiger partial charge >= 0.3 is 0 Å². The fourth-order valence-electron chi connectivity index (χ4n) is 9.44. The highest BCUT2D eigenvalue weighted by atomic mass is 32.2. The average Bonchev–Trinajstić information content (AvgIpc) is 4.02. The maximum atomic E-state index is 14.5. The van der Waals surface area contributed by atoms with Gasteiger partial charge in [0.05, 0.1) is 16.7 Å². The molecule has 6 atom stereocenters. The molecule has 0 spiro atoms. The molecule has 0 bridgehead atoms. The van der Waals surface area contributed by atoms with Crippen LogP contribution in [0.25, 0.3) is 0 Å². The molecule has 2 heterocycles. The third-order valence-electron chi connectivity index (χ3n) is 13.5. The lowest BCUT2D eigenvalue weighted by atomic mass is 9.93. The molecule has 2 aliphatic heterocycles. The molecule has 3 aromatic carbocycles. The van der Waals surface area contributed by atoms with Crippen molar-refractivity contribution in [2.24, 2.45) is 11.8 Å². The molecule has 1 unspecified atom stereocenters. The van der Waals surface area contributed by atoms with Gasteiger partial charge in [-0.15, -0.1) is 0 Å². The molecule has 6 rings (SSSR count). The Bertz CT molecular complexity index is 2190. The van der Waals surface area contributed by atoms with Crippen molar-refractivity contribution in [1.82, 2.24) is 30.1 Å². The Morgan fingerprint density at radius 3 is 2.08 bits per heavy atom. The minimum atomic E-state index is -4.25. The Hall–Kier alpha value is -5.08. The van der Waals surface area contributed by atoms with Crippen LogP contribution in [0.1, 0.15) is 132 Å². The van der Waals surface area contributed by atoms with Gasteiger partial charge < -0.3 is 25.8 Å². The van der Waals surface area contributed by atoms with E-state index < -0.39 is 33.8 Å². The molecule has 14 heteroatoms. The van der Waals surface area contributed by atoms with E-state index >= 15 is 0 Å². The predicted octanol–water partition coefficient (Wildman–Crippen LogP) is 6.83. The van der Waals surface area contributed by atoms with Gasteiger partial charge in [0.1, 0.15) is 6.04 Å². The number of unbranched alkanes of at least 4 members (excludes halogenated alkanes) is 7. The molecule has 0 aromatic heterocycles. The Morgan fingerprint density at radius 1 is 0.712 bits per heavy atom. The molecule has 1 aliphatic carbocycles. The monoisotopic (exact) mass is 925 g/mol. The summed E-state index contributed by atoms with van der Waals surface area (Å²) in [4.78, 5) is 73.1. The SMILES string of the molecule is CCCCCCCC(=O)N1CCCN(S(=O)(=O)c2cccc(C(=O)N3C[C@@H](C(=O)N[C@@H](CC)Cc4ccccc4)[C@H](C(=O)N[C@H]4C[C@@H]4c4ccccc4)C3)c2)CC1C(=O)NCCCCCC. The third-order valence-corrected chi connectivity index (χ3v) is 15.4. The van der Waals surface area contributed by atoms with E-state index in [0.29, 0.717) is 38.6 Å². The van der Waals surface area contributed by atoms with Gasteiger partial charge in [-0.05, 0) is 67.9 Å². The molecule has 13 nitrogen and oxygen atoms in total. The van der Waals surface area contributed by atoms with Gasteiger partial charge in [-0.3, -0.25) is 24.0 Å². The van der Waals surface area contributed by atoms with Crippen LogP contribution < -0.4 is 16.0 Å². The van der Waals surface area contributed by atoms with E-state index in [0.717, 1.165) is 68.9 Å². The molecular formula is C52H72N6O7S. The first kappa shape index (κ1) is 50.3. The number of rotatable bonds is 23. The van der Waals surface area contributed by atoms with Crippen LogP contribution in [0.3, 0.4) is 0 Å². The number of carbonyl (C=O) groups is 5. The number of amides is 5. The molecule has 3 fully saturated rings. The second-order valence-corrected chi connectivity index (χ2v) is 20.4. The first-order chi connectivity index (χ1) is 31.9. The summed E-state index contributed by atoms with van der Waals surface area (Å²) in [6.07, 6.45) is 11.4. The Kier molecular flexibility index (Phi) is 18.8. The largest absolute Gasteiger partial charge is 0.354 e. The lowest BCUT2D eigenvalue weighted by Gasteiger charge is -2.31. The summed E-state index contributed by atoms with van der Waals surface area (Å²) in [6.45, 7) is 6.80. The van der Waals surface area contributed by atoms with Crippen LogP contribution in [-0.2, 0) is 35.6 Å². The first-order valence-corrected chi connectivity index (χ1v) is 26.0. The zero-order valence-corrected chi connectivity index (χ0v) is 40.1. The summed E-state index contributed by atoms with van der Waals surface area (Å²) in [5.41, 5.74) is 2.32. The molecule has 3 N–H and O–H groups in total. The standard InChI is InChI=1S/C52H72N6O7S/c1-4-7-9-11-18-28-48(59)58-31-21-30-57(37-47(58)51(62)53-29-19-10-8-5-2)66(64,65)42-27-20-26-40(33-42)52(63)56-35-44(49(60)54-41(6-3)32-38-22-14-12-15-23-38)45(36-56)50(61)55-46-34-43(46)39-24-16-13-17-25-39/h12-17,20,22-27,33,41,43-47H,4-11,18-19,21,28-32,34-37H2,1-3H3,(H,53,62)(H,54,60)(H,55,61)/t41-,43+,44+,45+,46-,47?/m0/s1. The fourth-order valence-corrected chi connectivity index (χ4v) is 11.0. The minimum Gasteiger partial charge on any atom is -0.354 e. The van der Waals surface area contributed by atoms with Gasteiger partial charge in [-0.2, -0.15) is 4.31 Å². The van der Waals surface area contributed by atoms with E-state index in [1.165, 1.54) is 27.4 Å². The number of hydrogen-bond acceptors (Lipinski definition) is 7. The van der Waals surface area contributed by atoms with Gasteiger partial charge in [0.15, 0.2) is 0 Å². The summed E-state index contributed by atoms with van der Waals surface area (Å²) in [6, 6.07) is 24.4. The fraction of sp³-hybridized carbons (Fsp3) is 0.558. The Balaban J connectivity index is 1.18. The Labute approximate surface area is 392 Å². The van der Waals surface area contributed by atoms with Crippen molar-refractivity contribution in [2.45, 2.75) is 140 Å². The number of carbonyl (C=O) groups excluding carboxylic acids is 5. The van der Waals surface area contributed by atoms with E-state index in [1.54, 1.807) is 11.0 Å². The summed E-state index contributed by atoms with van der Waals surface area (Å²) in [7, 11) is -4.25. The molecule has 1 saturated carbocycles. The zero-order chi connectivity index (χ0) is 47.1. The van der Waals surface area contributed by atoms with Crippen LogP contribution in [0.4, 0.5) is 0 Å². The van der Waals surface area contributed by atoms with Crippen molar-refractivity contribution in [3.05, 3.63) is 102 Å². The lowest BCUT2D eigenvalue weighted by molar-refractivity contribution is -0.140. The van der Waals surface area contributed by atoms with Crippen molar-refractivity contribution in [1.29, 1.82) is 0 Å². The molecule has 358 valence electrons. The smallest absolute Gasteiger partial charge is 0.253 e. The van der Waals surface area contributed by atoms with Crippen molar-refractivity contribution in [3.8, 4) is 0 Å². The molecule has 5 amide bonds. The molecule has 0 radical (unpaired) electrons. The van der Waals surface area contributed by atoms with Crippen LogP contribution in [0.15, 0.2) is 89.8 Å². The van der Waals surface area contributed by atoms with Crippen LogP contribution >= 0.6 is 0 Å². The van der Waals surface area contributed by atoms with Gasteiger partial charge in [0, 0.05) is 69.3 Å². The maximum absolute atomic E-state index is 14.5. The van der Waals surface area contributed by atoms with Crippen LogP contribution in [0, 0.1) is 11.8 Å². The molecule has 3 aromatic rings. The van der Waals surface area contributed by atoms with Gasteiger partial charge in [-0.25, -0.2) is 8.42 Å². The number of hydrogen-bond donors (Lipinski definition) is 3. The molecular weight excluding hydrogens is 853 g/mol. The topological polar surface area (TPSA) is 165 Å². The molecule has 2 saturated heterocycles. The maximum Gasteiger partial charge on any atom is 0.253 e. The Morgan fingerprint density at radius 2 is 1.38 bits per heavy atom. The van der Waals surface area contributed by atoms with Crippen LogP contribution in [0.5, 0.6) is 0 Å². The zero-order valence-electron chi connectivity index (χ0n) is 39.3. The summed E-state index contributed by atoms with van der Waals surface area (Å²) >= 11 is 0. The van der Waals surface area contributed by atoms with Gasteiger partial charge in [-0.1, -0.05) is 132 Å². The normalized spacial score (nSPS) is 21.4. The van der Waals surface area contributed by atoms with Crippen molar-refractivity contribution in [3.63, 3.8) is 0 Å². The highest BCUT2D eigenvalue weighted by molar-refractivity contribution is 7.89. The van der Waals surface area contributed by atoms with Gasteiger partial charge in [0.2, 0.25) is 33.7 Å². The second kappa shape index (κ2) is 24.6. The van der Waals surface area contributed by atoms with Gasteiger partial charge in [0.25, 0.3) is 5.91 Å². The summed E-state index contributed by atoms with van der Waals surface area (Å²) in [5, 5.41) is 9.33. The van der Waals surface area contributed by atoms with Crippen LogP contribution in [0.2, 0.25) is 0 Å². The summed E-state index contributed by atoms with van der Waals surface area (Å²) in [5.74, 6) is -3.06. The number of likely N-dealkylation sites (tertiary alicyclic amines) is 1. The molecule has 66 heavy (non-hydrogen) atoms. The number of nitrogens with one attached hydrogen (secondary N) is 3. The highest BCUT2D eigenvalue weighted by Gasteiger charge is 2.47. The quantitative estimate of drug-likeness (QED) is 0.0878. The number of benzene rings is 3. The van der Waals surface area contributed by atoms with E-state index in [9.17, 15) is 32.4 Å². The minimum absolute atomic E-state index is 0.0121. The third kappa shape index (κ3) is 13.5. The van der Waals surface area contributed by atoms with Crippen LogP contribution in [-0.4, -0.2) is 109 Å². The highest BCUT2D eigenvalue weighted by Crippen LogP contribution is 2.41. The summed E-state index contributed by atoms with van der Waals surface area (Å²) < 4.78 is 30.3. The number of sulfonamides is 1.